The zero-order valence-corrected chi connectivity index (χ0v) is 97.2. The van der Waals surface area contributed by atoms with Gasteiger partial charge in [-0.3, -0.25) is 0 Å². The smallest absolute Gasteiger partial charge is 0.279 e. The molecule has 0 aromatic heterocycles. The van der Waals surface area contributed by atoms with Crippen LogP contribution in [0.4, 0.5) is 0 Å². The normalized spacial score (nSPS) is 48.7. The molecule has 818 valence electrons. The molecule has 1 heterocycles. The number of hydrogen-bond acceptors (Lipinski definition) is 14. The molecule has 0 bridgehead atoms. The standard InChI is InChI=1S/C35H62N2O3S.2C30H52O4.C30H52O3/c1-25(2)13-12-19-35(8,38)27-16-21-33(6)26(27)14-15-29-32(5)20-18-30(31(3,4)28(32)17-22-34(29,33)7)36-41(39,40)37-23-10-9-11-24-37;1-18(2)20(31)10-16-30(8,34)19-9-14-29(7)25(19)21(32)17-23-27(5)13-12-24(33)26(3,4)22(27)11-15-28(23,29)6;1-25(2,33)13-9-14-30(8,34)19-10-16-29(7)24(19)20(31)18-22-27(5)15-12-23(32)26(3,4)21(27)11-17-28(22,29)6;1-19(2)10-9-14-30(8,33)20-11-16-29(7)25(20)21(31)18-23-27(5)15-13-24(32)26(3,4)22(27)12-17-28(23,29)6/h13,26-30,36,38H,9-12,14-24H2,1-8H3;19-25,31-34H,1,9-17H2,2-8H3;9,13,19-24,31-34H,10-12,14-18H2,1-8H3;10,20-25,31-33H,9,11-18H2,1-8H3/b;;13-9+;/t26?,27?,28?,29?,30?,32-,33+,34+,35?;19?,20?,21-,22?,23?,24-,25?,27+,28-,29-,30?;19?,20-,21?,22?,23-,24?,27+,28-,29-,30?;20?,21-,22?,23?,24-,25?,27+,28-,29-,30?/m0111/s1. The zero-order chi connectivity index (χ0) is 106. The van der Waals surface area contributed by atoms with Crippen molar-refractivity contribution in [3.05, 3.63) is 47.6 Å². The number of hydrogen-bond donors (Lipinski definition) is 13. The largest absolute Gasteiger partial charge is 0.393 e. The van der Waals surface area contributed by atoms with Crippen LogP contribution in [0.15, 0.2) is 47.6 Å². The van der Waals surface area contributed by atoms with Crippen molar-refractivity contribution in [1.29, 1.82) is 0 Å². The van der Waals surface area contributed by atoms with Crippen molar-refractivity contribution in [1.82, 2.24) is 9.03 Å². The summed E-state index contributed by atoms with van der Waals surface area (Å²) in [5, 5.41) is 135. The van der Waals surface area contributed by atoms with Gasteiger partial charge in [0.1, 0.15) is 0 Å². The Bertz CT molecular complexity index is 4640. The molecule has 17 heteroatoms. The summed E-state index contributed by atoms with van der Waals surface area (Å²) in [7, 11) is -3.44. The Kier molecular flexibility index (Phi) is 32.1. The van der Waals surface area contributed by atoms with Gasteiger partial charge in [-0.1, -0.05) is 192 Å². The first-order chi connectivity index (χ1) is 65.0. The fourth-order valence-electron chi connectivity index (χ4n) is 42.7. The molecule has 0 amide bonds. The third-order valence-electron chi connectivity index (χ3n) is 51.6. The van der Waals surface area contributed by atoms with Crippen LogP contribution in [0.1, 0.15) is 465 Å². The molecule has 0 radical (unpaired) electrons. The van der Waals surface area contributed by atoms with Crippen LogP contribution in [0.5, 0.6) is 0 Å². The summed E-state index contributed by atoms with van der Waals surface area (Å²) in [5.41, 5.74) is 0.565. The number of fused-ring (bicyclic) bond motifs is 20. The first kappa shape index (κ1) is 116. The second-order valence-electron chi connectivity index (χ2n) is 61.0. The Hall–Kier alpha value is -1.65. The fourth-order valence-corrected chi connectivity index (χ4v) is 44.3. The third-order valence-corrected chi connectivity index (χ3v) is 53.3. The van der Waals surface area contributed by atoms with Gasteiger partial charge < -0.3 is 61.3 Å². The Morgan fingerprint density at radius 1 is 0.373 bits per heavy atom. The highest BCUT2D eigenvalue weighted by Crippen LogP contribution is 2.82. The monoisotopic (exact) mass is 2000 g/mol. The Balaban J connectivity index is 0.000000151. The minimum atomic E-state index is -3.44. The first-order valence-corrected chi connectivity index (χ1v) is 60.2. The minimum Gasteiger partial charge on any atom is -0.393 e. The summed E-state index contributed by atoms with van der Waals surface area (Å²) < 4.78 is 31.8. The SMILES string of the molecule is C=C(C)C(O)CCC(C)(O)C1CC[C@]2(C)C1[C@H](O)CC1[C@@]3(C)CC[C@@H](O)C(C)(C)C3CC[C@]12C.CC(C)(O)/C=C/CC(C)(O)C1CC[C@]2(C)C1[C@H](O)CC1[C@@]3(C)CC[C@@H](O)C(C)(C)C3CC[C@]12C.CC(C)=CCCC(C)(O)C1CC[C@]2(C)C1CCC1[C@@]3(C)CCC(NS(=O)(=O)N4CCCCC4)C(C)(C)C3CC[C@]12C.CC(C)=CCCC(C)(O)C1CC[C@]2(C)C1[C@H](O)CC1[C@@]3(C)CC[C@@H](O)C(C)(C)C3CC[C@]12C. The summed E-state index contributed by atoms with van der Waals surface area (Å²) in [5.74, 6) is 5.51. The maximum absolute atomic E-state index is 13.4. The van der Waals surface area contributed by atoms with E-state index in [1.165, 1.54) is 56.1 Å². The maximum Gasteiger partial charge on any atom is 0.279 e. The van der Waals surface area contributed by atoms with Crippen LogP contribution in [0.25, 0.3) is 0 Å². The number of allylic oxidation sites excluding steroid dienone is 4. The molecule has 0 aromatic carbocycles. The summed E-state index contributed by atoms with van der Waals surface area (Å²) in [6.07, 6.45) is 44.4. The van der Waals surface area contributed by atoms with E-state index in [0.717, 1.165) is 192 Å². The van der Waals surface area contributed by atoms with Gasteiger partial charge in [0.05, 0.1) is 70.7 Å². The van der Waals surface area contributed by atoms with Crippen molar-refractivity contribution in [2.45, 2.75) is 542 Å². The highest BCUT2D eigenvalue weighted by atomic mass is 32.2. The summed E-state index contributed by atoms with van der Waals surface area (Å²) in [6.45, 7) is 75.5. The molecule has 16 nitrogen and oxygen atoms in total. The predicted octanol–water partition coefficient (Wildman–Crippen LogP) is 25.3. The predicted molar refractivity (Wildman–Crippen MR) is 579 cm³/mol. The van der Waals surface area contributed by atoms with Crippen LogP contribution in [0.2, 0.25) is 0 Å². The van der Waals surface area contributed by atoms with Crippen molar-refractivity contribution in [2.24, 2.45) is 181 Å². The molecular weight excluding hydrogens is 1790 g/mol. The van der Waals surface area contributed by atoms with Crippen molar-refractivity contribution in [3.63, 3.8) is 0 Å². The molecule has 17 rings (SSSR count). The fraction of sp³-hybridized carbons (Fsp3) is 0.936. The highest BCUT2D eigenvalue weighted by molar-refractivity contribution is 7.87. The maximum atomic E-state index is 13.4. The molecular formula is C125H218N2O14S. The topological polar surface area (TPSA) is 292 Å². The van der Waals surface area contributed by atoms with Gasteiger partial charge in [-0.25, -0.2) is 0 Å². The van der Waals surface area contributed by atoms with Gasteiger partial charge in [-0.05, 0) is 501 Å². The average Bonchev–Trinajstić information content (AvgIpc) is 1.41. The van der Waals surface area contributed by atoms with Crippen LogP contribution in [-0.4, -0.2) is 164 Å². The molecule has 1 saturated heterocycles. The van der Waals surface area contributed by atoms with Crippen LogP contribution in [-0.2, 0) is 10.2 Å². The molecule has 16 saturated carbocycles. The van der Waals surface area contributed by atoms with Gasteiger partial charge >= 0.3 is 0 Å². The van der Waals surface area contributed by atoms with E-state index in [2.05, 4.69) is 197 Å². The minimum absolute atomic E-state index is 0.00412. The van der Waals surface area contributed by atoms with Crippen molar-refractivity contribution in [3.8, 4) is 0 Å². The molecule has 142 heavy (non-hydrogen) atoms. The lowest BCUT2D eigenvalue weighted by molar-refractivity contribution is -0.246. The summed E-state index contributed by atoms with van der Waals surface area (Å²) >= 11 is 0. The van der Waals surface area contributed by atoms with Gasteiger partial charge in [0.15, 0.2) is 0 Å². The van der Waals surface area contributed by atoms with E-state index in [-0.39, 0.29) is 153 Å². The lowest BCUT2D eigenvalue weighted by Crippen LogP contribution is -2.66. The van der Waals surface area contributed by atoms with E-state index in [0.29, 0.717) is 91.5 Å². The number of rotatable bonds is 20. The van der Waals surface area contributed by atoms with Gasteiger partial charge in [0, 0.05) is 19.1 Å². The quantitative estimate of drug-likeness (QED) is 0.0505. The van der Waals surface area contributed by atoms with Gasteiger partial charge in [0.25, 0.3) is 10.2 Å². The molecule has 17 aliphatic rings. The van der Waals surface area contributed by atoms with E-state index >= 15 is 0 Å². The average molecular weight is 2010 g/mol. The Morgan fingerprint density at radius 2 is 0.690 bits per heavy atom. The van der Waals surface area contributed by atoms with Crippen molar-refractivity contribution in [2.75, 3.05) is 13.1 Å². The van der Waals surface area contributed by atoms with E-state index < -0.39 is 56.5 Å². The number of aliphatic hydroxyl groups is 12. The highest BCUT2D eigenvalue weighted by Gasteiger charge is 2.77. The Morgan fingerprint density at radius 3 is 1.06 bits per heavy atom. The molecule has 1 aliphatic heterocycles. The van der Waals surface area contributed by atoms with Crippen LogP contribution in [0, 0.1) is 181 Å². The summed E-state index contributed by atoms with van der Waals surface area (Å²) in [6, 6.07) is -0.00412. The van der Waals surface area contributed by atoms with Crippen LogP contribution >= 0.6 is 0 Å². The van der Waals surface area contributed by atoms with E-state index in [9.17, 15) is 69.7 Å². The van der Waals surface area contributed by atoms with Gasteiger partial charge in [0.2, 0.25) is 0 Å². The van der Waals surface area contributed by atoms with E-state index in [1.807, 2.05) is 33.8 Å². The first-order valence-electron chi connectivity index (χ1n) is 58.8. The molecule has 0 spiro atoms. The molecule has 13 N–H and O–H groups in total. The zero-order valence-electron chi connectivity index (χ0n) is 96.4. The number of nitrogens with zero attached hydrogens (tertiary/aromatic N) is 1. The second-order valence-corrected chi connectivity index (χ2v) is 62.7. The second kappa shape index (κ2) is 39.4. The van der Waals surface area contributed by atoms with Gasteiger partial charge in [-0.15, -0.1) is 0 Å². The molecule has 17 fully saturated rings. The van der Waals surface area contributed by atoms with E-state index in [1.54, 1.807) is 24.2 Å². The van der Waals surface area contributed by atoms with Gasteiger partial charge in [-0.2, -0.15) is 17.4 Å². The Labute approximate surface area is 867 Å². The van der Waals surface area contributed by atoms with E-state index in [4.69, 9.17) is 0 Å². The van der Waals surface area contributed by atoms with Crippen molar-refractivity contribution >= 4 is 10.2 Å². The molecule has 0 aromatic rings. The molecule has 22 unspecified atom stereocenters. The molecule has 40 atom stereocenters. The number of nitrogens with one attached hydrogen (secondary N) is 1. The number of piperidine rings is 1. The third kappa shape index (κ3) is 19.0. The number of aliphatic hydroxyl groups excluding tert-OH is 7. The lowest BCUT2D eigenvalue weighted by atomic mass is 9.35. The molecule has 16 aliphatic carbocycles. The van der Waals surface area contributed by atoms with Crippen molar-refractivity contribution < 1.29 is 69.7 Å². The van der Waals surface area contributed by atoms with Crippen LogP contribution < -0.4 is 4.72 Å². The summed E-state index contributed by atoms with van der Waals surface area (Å²) in [4.78, 5) is 0. The lowest BCUT2D eigenvalue weighted by Gasteiger charge is -2.70. The van der Waals surface area contributed by atoms with Crippen LogP contribution in [0.3, 0.4) is 0 Å².